The van der Waals surface area contributed by atoms with Crippen LogP contribution in [0.15, 0.2) is 12.2 Å². The van der Waals surface area contributed by atoms with Crippen LogP contribution in [-0.4, -0.2) is 19.4 Å². The Labute approximate surface area is 77.8 Å². The van der Waals surface area contributed by atoms with Gasteiger partial charge in [0.1, 0.15) is 6.07 Å². The van der Waals surface area contributed by atoms with Crippen molar-refractivity contribution in [1.82, 2.24) is 0 Å². The number of ether oxygens (including phenoxy) is 2. The number of rotatable bonds is 4. The van der Waals surface area contributed by atoms with Crippen molar-refractivity contribution < 1.29 is 14.3 Å². The zero-order valence-electron chi connectivity index (χ0n) is 7.82. The summed E-state index contributed by atoms with van der Waals surface area (Å²) in [6, 6.07) is 1.82. The zero-order valence-corrected chi connectivity index (χ0v) is 7.82. The Hall–Kier alpha value is -1.50. The maximum atomic E-state index is 10.6. The Balaban J connectivity index is 3.91. The van der Waals surface area contributed by atoms with Crippen molar-refractivity contribution in [2.45, 2.75) is 25.9 Å². The van der Waals surface area contributed by atoms with Crippen LogP contribution in [0.2, 0.25) is 0 Å². The second-order valence-electron chi connectivity index (χ2n) is 2.34. The number of nitriles is 1. The molecule has 72 valence electrons. The highest BCUT2D eigenvalue weighted by atomic mass is 16.7. The first-order chi connectivity index (χ1) is 6.24. The van der Waals surface area contributed by atoms with Gasteiger partial charge >= 0.3 is 6.16 Å². The number of unbranched alkanes of at least 4 members (excludes halogenated alkanes) is 1. The number of nitrogens with zero attached hydrogens (tertiary/aromatic N) is 1. The predicted molar refractivity (Wildman–Crippen MR) is 46.9 cm³/mol. The number of hydrogen-bond donors (Lipinski definition) is 0. The normalized spacial score (nSPS) is 12.1. The van der Waals surface area contributed by atoms with Crippen molar-refractivity contribution >= 4 is 6.16 Å². The van der Waals surface area contributed by atoms with E-state index in [1.807, 2.05) is 13.0 Å². The second-order valence-corrected chi connectivity index (χ2v) is 2.34. The molecule has 0 aliphatic rings. The fourth-order valence-corrected chi connectivity index (χ4v) is 0.647. The Morgan fingerprint density at radius 2 is 2.38 bits per heavy atom. The van der Waals surface area contributed by atoms with E-state index in [-0.39, 0.29) is 0 Å². The van der Waals surface area contributed by atoms with Gasteiger partial charge < -0.3 is 9.47 Å². The predicted octanol–water partition coefficient (Wildman–Crippen LogP) is 2.02. The first kappa shape index (κ1) is 11.5. The molecule has 0 saturated carbocycles. The molecule has 0 aliphatic carbocycles. The van der Waals surface area contributed by atoms with E-state index in [0.717, 1.165) is 12.8 Å². The maximum absolute atomic E-state index is 10.6. The molecular formula is C9H13NO3. The first-order valence-corrected chi connectivity index (χ1v) is 4.05. The molecule has 4 heteroatoms. The van der Waals surface area contributed by atoms with E-state index < -0.39 is 12.3 Å². The lowest BCUT2D eigenvalue weighted by Gasteiger charge is -2.04. The molecule has 0 aromatic carbocycles. The average Bonchev–Trinajstić information content (AvgIpc) is 2.16. The minimum atomic E-state index is -0.848. The summed E-state index contributed by atoms with van der Waals surface area (Å²) in [5.41, 5.74) is 0. The number of allylic oxidation sites excluding steroid dienone is 1. The Morgan fingerprint density at radius 1 is 1.69 bits per heavy atom. The van der Waals surface area contributed by atoms with E-state index in [2.05, 4.69) is 9.47 Å². The van der Waals surface area contributed by atoms with Gasteiger partial charge in [-0.25, -0.2) is 4.79 Å². The van der Waals surface area contributed by atoms with Gasteiger partial charge in [0.25, 0.3) is 0 Å². The lowest BCUT2D eigenvalue weighted by atomic mass is 10.2. The summed E-state index contributed by atoms with van der Waals surface area (Å²) >= 11 is 0. The monoisotopic (exact) mass is 183 g/mol. The number of methoxy groups -OCH3 is 1. The Kier molecular flexibility index (Phi) is 6.34. The molecule has 0 unspecified atom stereocenters. The minimum absolute atomic E-state index is 0.840. The molecule has 4 nitrogen and oxygen atoms in total. The van der Waals surface area contributed by atoms with Gasteiger partial charge in [-0.1, -0.05) is 19.4 Å². The van der Waals surface area contributed by atoms with Crippen LogP contribution in [0.1, 0.15) is 19.8 Å². The van der Waals surface area contributed by atoms with Gasteiger partial charge in [-0.2, -0.15) is 5.26 Å². The molecule has 1 atom stereocenters. The summed E-state index contributed by atoms with van der Waals surface area (Å²) in [6.45, 7) is 2.02. The van der Waals surface area contributed by atoms with E-state index in [1.165, 1.54) is 7.11 Å². The number of carbonyl (C=O) groups excluding carboxylic acids is 1. The van der Waals surface area contributed by atoms with Crippen LogP contribution in [-0.2, 0) is 9.47 Å². The standard InChI is InChI=1S/C9H13NO3/c1-3-4-5-6-8(7-10)13-9(11)12-2/h5-6,8H,3-4H2,1-2H3/b6-5+/t8-/m1/s1. The molecule has 0 aliphatic heterocycles. The fourth-order valence-electron chi connectivity index (χ4n) is 0.647. The van der Waals surface area contributed by atoms with Crippen LogP contribution >= 0.6 is 0 Å². The average molecular weight is 183 g/mol. The largest absolute Gasteiger partial charge is 0.509 e. The highest BCUT2D eigenvalue weighted by molar-refractivity contribution is 5.60. The van der Waals surface area contributed by atoms with E-state index in [9.17, 15) is 4.79 Å². The number of carbonyl (C=O) groups is 1. The quantitative estimate of drug-likeness (QED) is 0.494. The van der Waals surface area contributed by atoms with Crippen molar-refractivity contribution in [3.8, 4) is 6.07 Å². The molecule has 0 amide bonds. The summed E-state index contributed by atoms with van der Waals surface area (Å²) in [5, 5.41) is 8.54. The molecule has 0 rings (SSSR count). The SMILES string of the molecule is CCC/C=C/[C@H](C#N)OC(=O)OC. The summed E-state index contributed by atoms with van der Waals surface area (Å²) in [5.74, 6) is 0. The van der Waals surface area contributed by atoms with Gasteiger partial charge in [0.15, 0.2) is 0 Å². The summed E-state index contributed by atoms with van der Waals surface area (Å²) in [6.07, 6.45) is 3.51. The molecule has 0 spiro atoms. The fraction of sp³-hybridized carbons (Fsp3) is 0.556. The van der Waals surface area contributed by atoms with Gasteiger partial charge in [0, 0.05) is 0 Å². The third kappa shape index (κ3) is 5.74. The molecular weight excluding hydrogens is 170 g/mol. The molecule has 0 saturated heterocycles. The molecule has 0 N–H and O–H groups in total. The van der Waals surface area contributed by atoms with E-state index in [4.69, 9.17) is 5.26 Å². The molecule has 0 bridgehead atoms. The van der Waals surface area contributed by atoms with Gasteiger partial charge in [-0.15, -0.1) is 0 Å². The van der Waals surface area contributed by atoms with Gasteiger partial charge in [-0.3, -0.25) is 0 Å². The molecule has 0 heterocycles. The van der Waals surface area contributed by atoms with Crippen molar-refractivity contribution in [2.24, 2.45) is 0 Å². The highest BCUT2D eigenvalue weighted by Gasteiger charge is 2.08. The van der Waals surface area contributed by atoms with Crippen LogP contribution in [0.25, 0.3) is 0 Å². The van der Waals surface area contributed by atoms with Gasteiger partial charge in [-0.05, 0) is 12.5 Å². The van der Waals surface area contributed by atoms with Crippen LogP contribution in [0, 0.1) is 11.3 Å². The highest BCUT2D eigenvalue weighted by Crippen LogP contribution is 1.98. The van der Waals surface area contributed by atoms with Crippen molar-refractivity contribution in [1.29, 1.82) is 5.26 Å². The second kappa shape index (κ2) is 7.17. The Morgan fingerprint density at radius 3 is 2.85 bits per heavy atom. The van der Waals surface area contributed by atoms with Crippen molar-refractivity contribution in [3.05, 3.63) is 12.2 Å². The molecule has 0 aromatic heterocycles. The summed E-state index contributed by atoms with van der Waals surface area (Å²) in [4.78, 5) is 10.6. The van der Waals surface area contributed by atoms with Crippen molar-refractivity contribution in [3.63, 3.8) is 0 Å². The Bertz CT molecular complexity index is 217. The van der Waals surface area contributed by atoms with Crippen LogP contribution in [0.4, 0.5) is 4.79 Å². The van der Waals surface area contributed by atoms with Crippen LogP contribution in [0.3, 0.4) is 0 Å². The topological polar surface area (TPSA) is 59.3 Å². The lowest BCUT2D eigenvalue weighted by Crippen LogP contribution is -2.13. The van der Waals surface area contributed by atoms with E-state index in [0.29, 0.717) is 0 Å². The van der Waals surface area contributed by atoms with E-state index >= 15 is 0 Å². The van der Waals surface area contributed by atoms with Gasteiger partial charge in [0.2, 0.25) is 6.10 Å². The molecule has 0 radical (unpaired) electrons. The maximum Gasteiger partial charge on any atom is 0.509 e. The molecule has 0 fully saturated rings. The van der Waals surface area contributed by atoms with Gasteiger partial charge in [0.05, 0.1) is 7.11 Å². The molecule has 13 heavy (non-hydrogen) atoms. The number of hydrogen-bond acceptors (Lipinski definition) is 4. The first-order valence-electron chi connectivity index (χ1n) is 4.05. The minimum Gasteiger partial charge on any atom is -0.438 e. The third-order valence-corrected chi connectivity index (χ3v) is 1.28. The lowest BCUT2D eigenvalue weighted by molar-refractivity contribution is 0.0667. The van der Waals surface area contributed by atoms with Crippen LogP contribution in [0.5, 0.6) is 0 Å². The van der Waals surface area contributed by atoms with Crippen LogP contribution < -0.4 is 0 Å². The summed E-state index contributed by atoms with van der Waals surface area (Å²) < 4.78 is 8.83. The van der Waals surface area contributed by atoms with E-state index in [1.54, 1.807) is 12.2 Å². The third-order valence-electron chi connectivity index (χ3n) is 1.28. The zero-order chi connectivity index (χ0) is 10.1. The summed E-state index contributed by atoms with van der Waals surface area (Å²) in [7, 11) is 1.20. The molecule has 0 aromatic rings. The smallest absolute Gasteiger partial charge is 0.438 e. The van der Waals surface area contributed by atoms with Crippen molar-refractivity contribution in [2.75, 3.05) is 7.11 Å².